The number of ether oxygens (including phenoxy) is 2. The smallest absolute Gasteiger partial charge is 0.416 e. The van der Waals surface area contributed by atoms with Gasteiger partial charge < -0.3 is 19.8 Å². The maximum atomic E-state index is 12.9. The van der Waals surface area contributed by atoms with Crippen LogP contribution in [-0.2, 0) is 17.5 Å². The minimum atomic E-state index is -4.42. The number of alkyl halides is 3. The molecule has 4 aromatic rings. The van der Waals surface area contributed by atoms with Crippen molar-refractivity contribution in [3.63, 3.8) is 0 Å². The summed E-state index contributed by atoms with van der Waals surface area (Å²) in [5, 5.41) is 12.9. The Kier molecular flexibility index (Phi) is 7.15. The van der Waals surface area contributed by atoms with Crippen molar-refractivity contribution >= 4 is 23.0 Å². The lowest BCUT2D eigenvalue weighted by Crippen LogP contribution is -2.24. The van der Waals surface area contributed by atoms with E-state index < -0.39 is 17.6 Å². The van der Waals surface area contributed by atoms with Gasteiger partial charge in [-0.1, -0.05) is 18.2 Å². The van der Waals surface area contributed by atoms with E-state index in [0.29, 0.717) is 39.2 Å². The number of aromatic nitrogens is 2. The summed E-state index contributed by atoms with van der Waals surface area (Å²) >= 11 is 0. The molecule has 2 heterocycles. The van der Waals surface area contributed by atoms with E-state index in [1.807, 2.05) is 6.07 Å². The van der Waals surface area contributed by atoms with Gasteiger partial charge in [0.05, 0.1) is 19.8 Å². The summed E-state index contributed by atoms with van der Waals surface area (Å²) in [6, 6.07) is 13.6. The van der Waals surface area contributed by atoms with E-state index in [1.54, 1.807) is 30.5 Å². The standard InChI is InChI=1S/C27H21F3N4O3/c1-36-23-8-3-16(9-24(23)37-2)13-34-26(35)18(12-31)10-20-15-33-25-22(20)11-19(14-32-25)17-4-6-21(7-5-17)27(28,29)30/h3-11,14-15H,13H2,1-2H3,(H,32,33)(H,34,35)/b18-10+. The van der Waals surface area contributed by atoms with Crippen LogP contribution in [-0.4, -0.2) is 30.1 Å². The summed E-state index contributed by atoms with van der Waals surface area (Å²) in [7, 11) is 3.03. The zero-order valence-electron chi connectivity index (χ0n) is 19.8. The van der Waals surface area contributed by atoms with E-state index >= 15 is 0 Å². The SMILES string of the molecule is COc1ccc(CNC(=O)/C(C#N)=C/c2c[nH]c3ncc(-c4ccc(C(F)(F)F)cc4)cc23)cc1OC. The second-order valence-electron chi connectivity index (χ2n) is 7.98. The van der Waals surface area contributed by atoms with Gasteiger partial charge in [-0.2, -0.15) is 18.4 Å². The Bertz CT molecular complexity index is 1520. The maximum absolute atomic E-state index is 12.9. The number of hydrogen-bond donors (Lipinski definition) is 2. The third kappa shape index (κ3) is 5.56. The van der Waals surface area contributed by atoms with Crippen LogP contribution in [0, 0.1) is 11.3 Å². The van der Waals surface area contributed by atoms with Gasteiger partial charge in [0.2, 0.25) is 0 Å². The highest BCUT2D eigenvalue weighted by molar-refractivity contribution is 6.04. The summed E-state index contributed by atoms with van der Waals surface area (Å²) in [6.07, 6.45) is 0.150. The first kappa shape index (κ1) is 25.3. The van der Waals surface area contributed by atoms with Gasteiger partial charge in [-0.15, -0.1) is 0 Å². The van der Waals surface area contributed by atoms with Crippen molar-refractivity contribution in [2.24, 2.45) is 0 Å². The Morgan fingerprint density at radius 3 is 2.46 bits per heavy atom. The highest BCUT2D eigenvalue weighted by Crippen LogP contribution is 2.32. The molecule has 2 N–H and O–H groups in total. The zero-order valence-corrected chi connectivity index (χ0v) is 19.8. The van der Waals surface area contributed by atoms with Gasteiger partial charge in [0.15, 0.2) is 11.5 Å². The number of methoxy groups -OCH3 is 2. The van der Waals surface area contributed by atoms with Crippen molar-refractivity contribution in [1.29, 1.82) is 5.26 Å². The Morgan fingerprint density at radius 2 is 1.81 bits per heavy atom. The fourth-order valence-electron chi connectivity index (χ4n) is 3.72. The molecular weight excluding hydrogens is 485 g/mol. The van der Waals surface area contributed by atoms with Crippen LogP contribution >= 0.6 is 0 Å². The topological polar surface area (TPSA) is 100 Å². The number of benzene rings is 2. The van der Waals surface area contributed by atoms with Crippen molar-refractivity contribution in [2.45, 2.75) is 12.7 Å². The minimum absolute atomic E-state index is 0.124. The molecule has 4 rings (SSSR count). The molecule has 1 amide bonds. The number of pyridine rings is 1. The Morgan fingerprint density at radius 1 is 1.08 bits per heavy atom. The molecule has 0 aliphatic heterocycles. The van der Waals surface area contributed by atoms with Crippen molar-refractivity contribution in [3.05, 3.63) is 83.2 Å². The summed E-state index contributed by atoms with van der Waals surface area (Å²) < 4.78 is 49.1. The number of nitrogens with one attached hydrogen (secondary N) is 2. The molecule has 37 heavy (non-hydrogen) atoms. The van der Waals surface area contributed by atoms with Gasteiger partial charge in [-0.25, -0.2) is 4.98 Å². The van der Waals surface area contributed by atoms with Crippen LogP contribution in [0.3, 0.4) is 0 Å². The summed E-state index contributed by atoms with van der Waals surface area (Å²) in [5.74, 6) is 0.498. The van der Waals surface area contributed by atoms with Crippen molar-refractivity contribution in [1.82, 2.24) is 15.3 Å². The Balaban J connectivity index is 1.56. The molecule has 2 aromatic heterocycles. The quantitative estimate of drug-likeness (QED) is 0.255. The number of amides is 1. The predicted molar refractivity (Wildman–Crippen MR) is 132 cm³/mol. The number of carbonyl (C=O) groups excluding carboxylic acids is 1. The predicted octanol–water partition coefficient (Wildman–Crippen LogP) is 5.49. The fourth-order valence-corrected chi connectivity index (χ4v) is 3.72. The second-order valence-corrected chi connectivity index (χ2v) is 7.98. The number of nitriles is 1. The molecule has 0 fully saturated rings. The second kappa shape index (κ2) is 10.5. The molecule has 188 valence electrons. The third-order valence-corrected chi connectivity index (χ3v) is 5.67. The van der Waals surface area contributed by atoms with E-state index in [4.69, 9.17) is 9.47 Å². The van der Waals surface area contributed by atoms with Crippen LogP contribution in [0.4, 0.5) is 13.2 Å². The molecule has 0 saturated carbocycles. The number of halogens is 3. The van der Waals surface area contributed by atoms with Crippen LogP contribution in [0.2, 0.25) is 0 Å². The lowest BCUT2D eigenvalue weighted by Gasteiger charge is -2.10. The van der Waals surface area contributed by atoms with Gasteiger partial charge in [0, 0.05) is 35.5 Å². The van der Waals surface area contributed by atoms with Gasteiger partial charge in [-0.3, -0.25) is 4.79 Å². The van der Waals surface area contributed by atoms with Gasteiger partial charge in [0.25, 0.3) is 5.91 Å². The average Bonchev–Trinajstić information content (AvgIpc) is 3.31. The number of nitrogens with zero attached hydrogens (tertiary/aromatic N) is 2. The monoisotopic (exact) mass is 506 g/mol. The van der Waals surface area contributed by atoms with E-state index in [0.717, 1.165) is 17.7 Å². The number of rotatable bonds is 7. The summed E-state index contributed by atoms with van der Waals surface area (Å²) in [4.78, 5) is 20.0. The normalized spacial score (nSPS) is 11.7. The summed E-state index contributed by atoms with van der Waals surface area (Å²) in [5.41, 5.74) is 2.06. The van der Waals surface area contributed by atoms with Crippen LogP contribution in [0.1, 0.15) is 16.7 Å². The van der Waals surface area contributed by atoms with Crippen molar-refractivity contribution in [3.8, 4) is 28.7 Å². The van der Waals surface area contributed by atoms with E-state index in [2.05, 4.69) is 15.3 Å². The molecule has 10 heteroatoms. The first-order valence-electron chi connectivity index (χ1n) is 11.0. The number of hydrogen-bond acceptors (Lipinski definition) is 5. The van der Waals surface area contributed by atoms with Gasteiger partial charge >= 0.3 is 6.18 Å². The van der Waals surface area contributed by atoms with E-state index in [1.165, 1.54) is 38.6 Å². The average molecular weight is 506 g/mol. The number of fused-ring (bicyclic) bond motifs is 1. The highest BCUT2D eigenvalue weighted by Gasteiger charge is 2.30. The Hall–Kier alpha value is -4.78. The van der Waals surface area contributed by atoms with Gasteiger partial charge in [0.1, 0.15) is 17.3 Å². The van der Waals surface area contributed by atoms with Crippen molar-refractivity contribution in [2.75, 3.05) is 14.2 Å². The highest BCUT2D eigenvalue weighted by atomic mass is 19.4. The molecule has 0 aliphatic carbocycles. The van der Waals surface area contributed by atoms with Crippen molar-refractivity contribution < 1.29 is 27.4 Å². The minimum Gasteiger partial charge on any atom is -0.493 e. The molecule has 0 aliphatic rings. The fraction of sp³-hybridized carbons (Fsp3) is 0.148. The Labute approximate surface area is 210 Å². The number of aromatic amines is 1. The molecule has 2 aromatic carbocycles. The molecule has 0 atom stereocenters. The molecule has 0 bridgehead atoms. The number of H-pyrrole nitrogens is 1. The zero-order chi connectivity index (χ0) is 26.6. The first-order valence-corrected chi connectivity index (χ1v) is 11.0. The van der Waals surface area contributed by atoms with Crippen LogP contribution in [0.25, 0.3) is 28.2 Å². The molecule has 0 spiro atoms. The van der Waals surface area contributed by atoms with E-state index in [-0.39, 0.29) is 12.1 Å². The summed E-state index contributed by atoms with van der Waals surface area (Å²) in [6.45, 7) is 0.158. The van der Waals surface area contributed by atoms with E-state index in [9.17, 15) is 23.2 Å². The maximum Gasteiger partial charge on any atom is 0.416 e. The van der Waals surface area contributed by atoms with Crippen LogP contribution in [0.15, 0.2) is 66.5 Å². The largest absolute Gasteiger partial charge is 0.493 e. The van der Waals surface area contributed by atoms with Crippen LogP contribution in [0.5, 0.6) is 11.5 Å². The number of carbonyl (C=O) groups is 1. The first-order chi connectivity index (χ1) is 17.7. The third-order valence-electron chi connectivity index (χ3n) is 5.67. The lowest BCUT2D eigenvalue weighted by molar-refractivity contribution is -0.137. The lowest BCUT2D eigenvalue weighted by atomic mass is 10.0. The van der Waals surface area contributed by atoms with Crippen LogP contribution < -0.4 is 14.8 Å². The van der Waals surface area contributed by atoms with Gasteiger partial charge in [-0.05, 0) is 47.5 Å². The molecule has 0 radical (unpaired) electrons. The molecule has 0 saturated heterocycles. The molecule has 0 unspecified atom stereocenters. The molecule has 7 nitrogen and oxygen atoms in total. The molecular formula is C27H21F3N4O3.